The molecule has 0 radical (unpaired) electrons. The Hall–Kier alpha value is -1.71. The fraction of sp³-hybridized carbons (Fsp3) is 0.533. The molecule has 4 nitrogen and oxygen atoms in total. The number of nitrogen functional groups attached to an aromatic ring is 1. The molecule has 0 spiro atoms. The van der Waals surface area contributed by atoms with E-state index in [1.165, 1.54) is 38.5 Å². The van der Waals surface area contributed by atoms with Crippen LogP contribution in [0.15, 0.2) is 22.6 Å². The van der Waals surface area contributed by atoms with Crippen LogP contribution in [-0.2, 0) is 0 Å². The third-order valence-corrected chi connectivity index (χ3v) is 4.07. The van der Waals surface area contributed by atoms with Gasteiger partial charge in [-0.05, 0) is 31.0 Å². The van der Waals surface area contributed by atoms with E-state index >= 15 is 0 Å². The Morgan fingerprint density at radius 1 is 1.21 bits per heavy atom. The average molecular weight is 259 g/mol. The molecule has 1 saturated carbocycles. The number of oxazole rings is 1. The van der Waals surface area contributed by atoms with E-state index in [4.69, 9.17) is 10.2 Å². The molecule has 0 saturated heterocycles. The van der Waals surface area contributed by atoms with Gasteiger partial charge in [0.15, 0.2) is 5.58 Å². The van der Waals surface area contributed by atoms with Gasteiger partial charge in [0.05, 0.1) is 0 Å². The first kappa shape index (κ1) is 12.3. The van der Waals surface area contributed by atoms with Crippen LogP contribution in [0.4, 0.5) is 11.7 Å². The Labute approximate surface area is 113 Å². The summed E-state index contributed by atoms with van der Waals surface area (Å²) in [6.07, 6.45) is 7.79. The lowest BCUT2D eigenvalue weighted by atomic mass is 10.1. The summed E-state index contributed by atoms with van der Waals surface area (Å²) in [5, 5.41) is 0. The van der Waals surface area contributed by atoms with Crippen molar-refractivity contribution in [3.05, 3.63) is 18.2 Å². The second kappa shape index (κ2) is 5.11. The first-order chi connectivity index (χ1) is 9.24. The summed E-state index contributed by atoms with van der Waals surface area (Å²) < 4.78 is 5.84. The number of benzene rings is 1. The van der Waals surface area contributed by atoms with Crippen LogP contribution >= 0.6 is 0 Å². The highest BCUT2D eigenvalue weighted by Crippen LogP contribution is 2.28. The van der Waals surface area contributed by atoms with Crippen molar-refractivity contribution < 1.29 is 4.42 Å². The lowest BCUT2D eigenvalue weighted by Crippen LogP contribution is -2.31. The smallest absolute Gasteiger partial charge is 0.298 e. The molecule has 1 heterocycles. The van der Waals surface area contributed by atoms with Gasteiger partial charge in [-0.15, -0.1) is 0 Å². The van der Waals surface area contributed by atoms with E-state index in [0.29, 0.717) is 12.1 Å². The fourth-order valence-electron chi connectivity index (χ4n) is 2.88. The monoisotopic (exact) mass is 259 g/mol. The van der Waals surface area contributed by atoms with E-state index in [-0.39, 0.29) is 0 Å². The molecule has 0 amide bonds. The molecular formula is C15H21N3O. The fourth-order valence-corrected chi connectivity index (χ4v) is 2.88. The molecule has 19 heavy (non-hydrogen) atoms. The van der Waals surface area contributed by atoms with E-state index in [0.717, 1.165) is 16.8 Å². The second-order valence-corrected chi connectivity index (χ2v) is 5.48. The summed E-state index contributed by atoms with van der Waals surface area (Å²) in [6.45, 7) is 0. The highest BCUT2D eigenvalue weighted by Gasteiger charge is 2.21. The number of rotatable bonds is 2. The minimum atomic E-state index is 0.549. The van der Waals surface area contributed by atoms with E-state index < -0.39 is 0 Å². The molecule has 0 bridgehead atoms. The van der Waals surface area contributed by atoms with Crippen LogP contribution in [-0.4, -0.2) is 18.1 Å². The molecule has 102 valence electrons. The normalized spacial score (nSPS) is 17.5. The molecule has 1 aromatic heterocycles. The minimum absolute atomic E-state index is 0.549. The van der Waals surface area contributed by atoms with Gasteiger partial charge in [-0.3, -0.25) is 0 Å². The third-order valence-electron chi connectivity index (χ3n) is 4.07. The van der Waals surface area contributed by atoms with Gasteiger partial charge in [0.25, 0.3) is 6.01 Å². The molecule has 4 heteroatoms. The summed E-state index contributed by atoms with van der Waals surface area (Å²) in [5.41, 5.74) is 8.16. The Balaban J connectivity index is 1.85. The van der Waals surface area contributed by atoms with Crippen molar-refractivity contribution in [3.8, 4) is 0 Å². The van der Waals surface area contributed by atoms with Crippen LogP contribution in [0, 0.1) is 0 Å². The lowest BCUT2D eigenvalue weighted by molar-refractivity contribution is 0.496. The maximum absolute atomic E-state index is 5.84. The second-order valence-electron chi connectivity index (χ2n) is 5.48. The van der Waals surface area contributed by atoms with Crippen molar-refractivity contribution in [2.45, 2.75) is 44.6 Å². The lowest BCUT2D eigenvalue weighted by Gasteiger charge is -2.25. The number of aromatic nitrogens is 1. The standard InChI is InChI=1S/C15H21N3O/c1-18(12-6-4-2-3-5-7-12)15-17-13-10-11(16)8-9-14(13)19-15/h8-10,12H,2-7,16H2,1H3. The maximum Gasteiger partial charge on any atom is 0.298 e. The van der Waals surface area contributed by atoms with E-state index in [1.807, 2.05) is 18.2 Å². The Kier molecular flexibility index (Phi) is 3.32. The number of hydrogen-bond donors (Lipinski definition) is 1. The predicted octanol–water partition coefficient (Wildman–Crippen LogP) is 3.57. The molecule has 2 aromatic rings. The quantitative estimate of drug-likeness (QED) is 0.661. The molecular weight excluding hydrogens is 238 g/mol. The largest absolute Gasteiger partial charge is 0.423 e. The summed E-state index contributed by atoms with van der Waals surface area (Å²) in [4.78, 5) is 6.75. The van der Waals surface area contributed by atoms with Crippen LogP contribution in [0.5, 0.6) is 0 Å². The van der Waals surface area contributed by atoms with Crippen molar-refractivity contribution in [2.24, 2.45) is 0 Å². The van der Waals surface area contributed by atoms with Gasteiger partial charge in [-0.2, -0.15) is 4.98 Å². The summed E-state index contributed by atoms with van der Waals surface area (Å²) in [6, 6.07) is 6.87. The van der Waals surface area contributed by atoms with E-state index in [2.05, 4.69) is 16.9 Å². The van der Waals surface area contributed by atoms with Crippen LogP contribution in [0.2, 0.25) is 0 Å². The molecule has 1 aliphatic carbocycles. The topological polar surface area (TPSA) is 55.3 Å². The highest BCUT2D eigenvalue weighted by atomic mass is 16.4. The molecule has 0 unspecified atom stereocenters. The summed E-state index contributed by atoms with van der Waals surface area (Å²) in [5.74, 6) is 0. The van der Waals surface area contributed by atoms with Crippen LogP contribution < -0.4 is 10.6 Å². The van der Waals surface area contributed by atoms with Gasteiger partial charge in [0.2, 0.25) is 0 Å². The van der Waals surface area contributed by atoms with Gasteiger partial charge in [0, 0.05) is 18.8 Å². The van der Waals surface area contributed by atoms with Crippen molar-refractivity contribution in [2.75, 3.05) is 17.7 Å². The Morgan fingerprint density at radius 3 is 2.68 bits per heavy atom. The van der Waals surface area contributed by atoms with E-state index in [9.17, 15) is 0 Å². The van der Waals surface area contributed by atoms with E-state index in [1.54, 1.807) is 0 Å². The molecule has 3 rings (SSSR count). The van der Waals surface area contributed by atoms with Gasteiger partial charge < -0.3 is 15.1 Å². The third kappa shape index (κ3) is 2.53. The van der Waals surface area contributed by atoms with Crippen LogP contribution in [0.25, 0.3) is 11.1 Å². The van der Waals surface area contributed by atoms with Crippen LogP contribution in [0.1, 0.15) is 38.5 Å². The zero-order chi connectivity index (χ0) is 13.2. The minimum Gasteiger partial charge on any atom is -0.423 e. The number of nitrogens with zero attached hydrogens (tertiary/aromatic N) is 2. The summed E-state index contributed by atoms with van der Waals surface area (Å²) in [7, 11) is 2.09. The zero-order valence-corrected chi connectivity index (χ0v) is 11.4. The first-order valence-corrected chi connectivity index (χ1v) is 7.13. The highest BCUT2D eigenvalue weighted by molar-refractivity contribution is 5.78. The van der Waals surface area contributed by atoms with Crippen molar-refractivity contribution in [1.29, 1.82) is 0 Å². The first-order valence-electron chi connectivity index (χ1n) is 7.13. The molecule has 2 N–H and O–H groups in total. The molecule has 0 aliphatic heterocycles. The SMILES string of the molecule is CN(c1nc2cc(N)ccc2o1)C1CCCCCC1. The van der Waals surface area contributed by atoms with Crippen LogP contribution in [0.3, 0.4) is 0 Å². The molecule has 1 aromatic carbocycles. The van der Waals surface area contributed by atoms with Crippen molar-refractivity contribution in [1.82, 2.24) is 4.98 Å². The van der Waals surface area contributed by atoms with Gasteiger partial charge in [-0.1, -0.05) is 25.7 Å². The number of hydrogen-bond acceptors (Lipinski definition) is 4. The van der Waals surface area contributed by atoms with Crippen molar-refractivity contribution >= 4 is 22.8 Å². The molecule has 0 atom stereocenters. The number of anilines is 2. The average Bonchev–Trinajstić information content (AvgIpc) is 2.64. The Morgan fingerprint density at radius 2 is 1.95 bits per heavy atom. The maximum atomic E-state index is 5.84. The summed E-state index contributed by atoms with van der Waals surface area (Å²) >= 11 is 0. The van der Waals surface area contributed by atoms with Gasteiger partial charge in [-0.25, -0.2) is 0 Å². The Bertz CT molecular complexity index is 556. The van der Waals surface area contributed by atoms with Crippen molar-refractivity contribution in [3.63, 3.8) is 0 Å². The zero-order valence-electron chi connectivity index (χ0n) is 11.4. The predicted molar refractivity (Wildman–Crippen MR) is 78.3 cm³/mol. The number of fused-ring (bicyclic) bond motifs is 1. The van der Waals surface area contributed by atoms with Gasteiger partial charge >= 0.3 is 0 Å². The number of nitrogens with two attached hydrogens (primary N) is 1. The molecule has 1 aliphatic rings. The van der Waals surface area contributed by atoms with Gasteiger partial charge in [0.1, 0.15) is 5.52 Å². The molecule has 1 fully saturated rings.